The summed E-state index contributed by atoms with van der Waals surface area (Å²) in [6.45, 7) is 15.2. The van der Waals surface area contributed by atoms with E-state index in [0.717, 1.165) is 43.4 Å². The second-order valence-corrected chi connectivity index (χ2v) is 19.0. The molecular weight excluding hydrogens is 846 g/mol. The van der Waals surface area contributed by atoms with Crippen molar-refractivity contribution in [2.45, 2.75) is 136 Å². The second-order valence-electron chi connectivity index (χ2n) is 19.0. The minimum atomic E-state index is -3.20. The number of amides is 2. The summed E-state index contributed by atoms with van der Waals surface area (Å²) in [7, 11) is 1.52. The molecule has 1 aromatic heterocycles. The SMILES string of the molecule is CCCCOC(OCCCC)C1CCN(c2cc(N3C4CCC3CN(c3cc(-c5ccccc5OCOC)nnc3N(C(=O)OC(C)(C)C)C(=O)OC(C)(C)C)C4)ccc2F)CC1(F)F. The van der Waals surface area contributed by atoms with Crippen LogP contribution in [-0.2, 0) is 23.7 Å². The van der Waals surface area contributed by atoms with Crippen LogP contribution in [0.15, 0.2) is 48.5 Å². The van der Waals surface area contributed by atoms with Crippen molar-refractivity contribution in [2.75, 3.05) is 72.9 Å². The minimum absolute atomic E-state index is 0.0137. The number of hydrogen-bond donors (Lipinski definition) is 0. The van der Waals surface area contributed by atoms with Gasteiger partial charge in [-0.15, -0.1) is 10.2 Å². The van der Waals surface area contributed by atoms with Crippen molar-refractivity contribution in [3.05, 3.63) is 54.3 Å². The molecule has 3 saturated heterocycles. The molecule has 3 aliphatic heterocycles. The van der Waals surface area contributed by atoms with E-state index in [2.05, 4.69) is 20.0 Å². The zero-order valence-electron chi connectivity index (χ0n) is 39.4. The Morgan fingerprint density at radius 3 is 2.02 bits per heavy atom. The maximum Gasteiger partial charge on any atom is 0.425 e. The van der Waals surface area contributed by atoms with Crippen molar-refractivity contribution >= 4 is 35.1 Å². The predicted octanol–water partition coefficient (Wildman–Crippen LogP) is 10.2. The summed E-state index contributed by atoms with van der Waals surface area (Å²) in [6, 6.07) is 13.5. The highest BCUT2D eigenvalue weighted by Gasteiger charge is 2.50. The third kappa shape index (κ3) is 12.3. The fraction of sp³-hybridized carbons (Fsp3) is 0.625. The first-order valence-corrected chi connectivity index (χ1v) is 22.9. The lowest BCUT2D eigenvalue weighted by Gasteiger charge is -2.45. The van der Waals surface area contributed by atoms with Gasteiger partial charge in [0.25, 0.3) is 5.92 Å². The van der Waals surface area contributed by atoms with Gasteiger partial charge in [0, 0.05) is 63.3 Å². The molecule has 3 aliphatic rings. The van der Waals surface area contributed by atoms with Crippen LogP contribution >= 0.6 is 0 Å². The molecule has 14 nitrogen and oxygen atoms in total. The van der Waals surface area contributed by atoms with Crippen molar-refractivity contribution in [1.29, 1.82) is 0 Å². The number of unbranched alkanes of at least 4 members (excludes halogenated alkanes) is 2. The number of nitrogens with zero attached hydrogens (tertiary/aromatic N) is 6. The number of imide groups is 1. The molecule has 0 spiro atoms. The number of methoxy groups -OCH3 is 1. The average molecular weight is 913 g/mol. The number of carbonyl (C=O) groups is 2. The quantitative estimate of drug-likeness (QED) is 0.0942. The summed E-state index contributed by atoms with van der Waals surface area (Å²) in [5.41, 5.74) is 0.317. The number of aromatic nitrogens is 2. The highest BCUT2D eigenvalue weighted by atomic mass is 19.3. The molecule has 17 heteroatoms. The molecule has 3 unspecified atom stereocenters. The number of halogens is 3. The van der Waals surface area contributed by atoms with Gasteiger partial charge in [0.2, 0.25) is 0 Å². The van der Waals surface area contributed by atoms with Crippen molar-refractivity contribution in [2.24, 2.45) is 5.92 Å². The molecule has 0 radical (unpaired) electrons. The van der Waals surface area contributed by atoms with Crippen LogP contribution in [0.25, 0.3) is 11.3 Å². The maximum absolute atomic E-state index is 16.1. The Balaban J connectivity index is 1.32. The lowest BCUT2D eigenvalue weighted by atomic mass is 9.91. The zero-order valence-corrected chi connectivity index (χ0v) is 39.4. The molecule has 358 valence electrons. The van der Waals surface area contributed by atoms with E-state index in [1.54, 1.807) is 65.8 Å². The number of anilines is 4. The van der Waals surface area contributed by atoms with Crippen LogP contribution in [0.4, 0.5) is 45.6 Å². The summed E-state index contributed by atoms with van der Waals surface area (Å²) < 4.78 is 82.4. The van der Waals surface area contributed by atoms with Gasteiger partial charge in [0.05, 0.1) is 29.5 Å². The van der Waals surface area contributed by atoms with E-state index in [4.69, 9.17) is 28.4 Å². The van der Waals surface area contributed by atoms with Crippen LogP contribution < -0.4 is 24.3 Å². The first-order valence-electron chi connectivity index (χ1n) is 22.9. The number of fused-ring (bicyclic) bond motifs is 2. The standard InChI is InChI=1S/C48H67F3N6O8/c1-10-12-24-61-43(62-25-13-11-2)36-22-23-54(30-48(36,50)51)39-26-32(20-21-37(39)49)56-33-18-19-34(56)29-55(28-33)40-27-38(35-16-14-15-17-41(35)63-31-60-9)52-53-42(40)57(44(58)64-46(3,4)5)45(59)65-47(6,7)8/h14-17,20-21,26-27,33-34,36,43H,10-13,18-19,22-25,28-31H2,1-9H3. The average Bonchev–Trinajstić information content (AvgIpc) is 3.49. The van der Waals surface area contributed by atoms with E-state index < -0.39 is 53.9 Å². The van der Waals surface area contributed by atoms with Gasteiger partial charge in [-0.05, 0) is 110 Å². The third-order valence-electron chi connectivity index (χ3n) is 11.5. The van der Waals surface area contributed by atoms with Crippen LogP contribution in [0.2, 0.25) is 0 Å². The number of carbonyl (C=O) groups excluding carboxylic acids is 2. The summed E-state index contributed by atoms with van der Waals surface area (Å²) in [4.78, 5) is 34.5. The molecular formula is C48H67F3N6O8. The summed E-state index contributed by atoms with van der Waals surface area (Å²) in [5, 5.41) is 9.06. The molecule has 3 fully saturated rings. The number of hydrogen-bond acceptors (Lipinski definition) is 13. The van der Waals surface area contributed by atoms with Gasteiger partial charge in [-0.25, -0.2) is 22.8 Å². The maximum atomic E-state index is 16.1. The fourth-order valence-electron chi connectivity index (χ4n) is 8.58. The van der Waals surface area contributed by atoms with E-state index in [-0.39, 0.29) is 43.3 Å². The molecule has 65 heavy (non-hydrogen) atoms. The molecule has 0 aliphatic carbocycles. The minimum Gasteiger partial charge on any atom is -0.467 e. The van der Waals surface area contributed by atoms with Crippen LogP contribution in [0, 0.1) is 11.7 Å². The Morgan fingerprint density at radius 2 is 1.45 bits per heavy atom. The summed E-state index contributed by atoms with van der Waals surface area (Å²) >= 11 is 0. The van der Waals surface area contributed by atoms with Crippen LogP contribution in [0.5, 0.6) is 5.75 Å². The lowest BCUT2D eigenvalue weighted by Crippen LogP contribution is -2.55. The molecule has 2 amide bonds. The Kier molecular flexibility index (Phi) is 16.1. The number of piperidine rings is 1. The van der Waals surface area contributed by atoms with E-state index >= 15 is 13.2 Å². The Hall–Kier alpha value is -4.87. The molecule has 4 heterocycles. The molecule has 6 rings (SSSR count). The van der Waals surface area contributed by atoms with Gasteiger partial charge in [-0.1, -0.05) is 38.8 Å². The highest BCUT2D eigenvalue weighted by molar-refractivity contribution is 6.11. The van der Waals surface area contributed by atoms with E-state index in [1.165, 1.54) is 18.1 Å². The normalized spacial score (nSPS) is 19.7. The van der Waals surface area contributed by atoms with E-state index in [9.17, 15) is 9.59 Å². The van der Waals surface area contributed by atoms with Crippen molar-refractivity contribution in [1.82, 2.24) is 10.2 Å². The lowest BCUT2D eigenvalue weighted by molar-refractivity contribution is -0.228. The Bertz CT molecular complexity index is 2030. The summed E-state index contributed by atoms with van der Waals surface area (Å²) in [5.74, 6) is -4.54. The number of benzene rings is 2. The van der Waals surface area contributed by atoms with Gasteiger partial charge in [-0.3, -0.25) is 0 Å². The first-order chi connectivity index (χ1) is 30.8. The topological polar surface area (TPSA) is 128 Å². The van der Waals surface area contributed by atoms with E-state index in [1.807, 2.05) is 32.0 Å². The van der Waals surface area contributed by atoms with Crippen LogP contribution in [0.1, 0.15) is 100 Å². The van der Waals surface area contributed by atoms with Gasteiger partial charge >= 0.3 is 12.2 Å². The molecule has 2 aromatic carbocycles. The predicted molar refractivity (Wildman–Crippen MR) is 244 cm³/mol. The first kappa shape index (κ1) is 49.6. The number of para-hydroxylation sites is 1. The zero-order chi connectivity index (χ0) is 47.1. The molecule has 0 saturated carbocycles. The molecule has 3 aromatic rings. The van der Waals surface area contributed by atoms with Crippen molar-refractivity contribution < 1.29 is 51.2 Å². The van der Waals surface area contributed by atoms with Gasteiger partial charge in [-0.2, -0.15) is 4.90 Å². The van der Waals surface area contributed by atoms with Gasteiger partial charge < -0.3 is 43.1 Å². The van der Waals surface area contributed by atoms with Crippen molar-refractivity contribution in [3.8, 4) is 17.0 Å². The number of rotatable bonds is 17. The van der Waals surface area contributed by atoms with Crippen molar-refractivity contribution in [3.63, 3.8) is 0 Å². The fourth-order valence-corrected chi connectivity index (χ4v) is 8.58. The molecule has 0 N–H and O–H groups in total. The Labute approximate surface area is 381 Å². The molecule has 2 bridgehead atoms. The second kappa shape index (κ2) is 21.2. The van der Waals surface area contributed by atoms with Gasteiger partial charge in [0.15, 0.2) is 18.9 Å². The van der Waals surface area contributed by atoms with E-state index in [0.29, 0.717) is 54.7 Å². The van der Waals surface area contributed by atoms with Gasteiger partial charge in [0.1, 0.15) is 22.8 Å². The number of alkyl halides is 2. The van der Waals surface area contributed by atoms with Crippen LogP contribution in [-0.4, -0.2) is 111 Å². The largest absolute Gasteiger partial charge is 0.467 e. The number of ether oxygens (including phenoxy) is 6. The van der Waals surface area contributed by atoms with Crippen LogP contribution in [0.3, 0.4) is 0 Å². The number of piperazine rings is 1. The highest BCUT2D eigenvalue weighted by Crippen LogP contribution is 2.44. The third-order valence-corrected chi connectivity index (χ3v) is 11.5. The summed E-state index contributed by atoms with van der Waals surface area (Å²) in [6.07, 6.45) is 1.80. The Morgan fingerprint density at radius 1 is 0.831 bits per heavy atom. The smallest absolute Gasteiger partial charge is 0.425 e. The monoisotopic (exact) mass is 912 g/mol. The molecule has 3 atom stereocenters.